The number of halogens is 1. The van der Waals surface area contributed by atoms with Crippen molar-refractivity contribution < 1.29 is 4.79 Å². The maximum atomic E-state index is 11.9. The molecule has 0 atom stereocenters. The van der Waals surface area contributed by atoms with E-state index in [2.05, 4.69) is 10.3 Å². The molecule has 0 bridgehead atoms. The third-order valence-electron chi connectivity index (χ3n) is 3.00. The maximum Gasteiger partial charge on any atom is 0.253 e. The number of aliphatic imine (C=N–C) groups is 1. The maximum absolute atomic E-state index is 11.9. The summed E-state index contributed by atoms with van der Waals surface area (Å²) in [7, 11) is 0. The van der Waals surface area contributed by atoms with Crippen LogP contribution in [0.2, 0.25) is 5.02 Å². The standard InChI is InChI=1S/C15H11ClN2O/c16-11-5-3-4-10(8-11)14-12-6-1-2-7-13(12)15(19)18-9-17-14/h1-8H,9H2,(H,18,19). The smallest absolute Gasteiger partial charge is 0.253 e. The molecule has 0 unspecified atom stereocenters. The van der Waals surface area contributed by atoms with Crippen molar-refractivity contribution in [3.05, 3.63) is 70.2 Å². The number of carbonyl (C=O) groups is 1. The minimum Gasteiger partial charge on any atom is -0.333 e. The second-order valence-corrected chi connectivity index (χ2v) is 4.66. The van der Waals surface area contributed by atoms with Gasteiger partial charge in [-0.1, -0.05) is 41.9 Å². The van der Waals surface area contributed by atoms with Gasteiger partial charge in [0.2, 0.25) is 0 Å². The summed E-state index contributed by atoms with van der Waals surface area (Å²) in [4.78, 5) is 16.4. The Kier molecular flexibility index (Phi) is 3.05. The molecule has 0 aliphatic carbocycles. The van der Waals surface area contributed by atoms with Gasteiger partial charge in [-0.05, 0) is 18.2 Å². The number of carbonyl (C=O) groups excluding carboxylic acids is 1. The number of fused-ring (bicyclic) bond motifs is 1. The molecule has 94 valence electrons. The van der Waals surface area contributed by atoms with Gasteiger partial charge in [-0.2, -0.15) is 0 Å². The van der Waals surface area contributed by atoms with E-state index in [-0.39, 0.29) is 12.6 Å². The van der Waals surface area contributed by atoms with E-state index < -0.39 is 0 Å². The summed E-state index contributed by atoms with van der Waals surface area (Å²) in [5.74, 6) is -0.101. The zero-order chi connectivity index (χ0) is 13.2. The van der Waals surface area contributed by atoms with Crippen molar-refractivity contribution in [2.45, 2.75) is 0 Å². The Morgan fingerprint density at radius 1 is 1.05 bits per heavy atom. The van der Waals surface area contributed by atoms with Crippen molar-refractivity contribution in [2.75, 3.05) is 6.67 Å². The van der Waals surface area contributed by atoms with E-state index in [9.17, 15) is 4.79 Å². The molecule has 3 rings (SSSR count). The van der Waals surface area contributed by atoms with Gasteiger partial charge in [0.05, 0.1) is 5.71 Å². The molecule has 0 saturated heterocycles. The monoisotopic (exact) mass is 270 g/mol. The summed E-state index contributed by atoms with van der Waals surface area (Å²) < 4.78 is 0. The molecule has 0 fully saturated rings. The first-order chi connectivity index (χ1) is 9.25. The molecular formula is C15H11ClN2O. The van der Waals surface area contributed by atoms with Gasteiger partial charge in [0.15, 0.2) is 0 Å². The number of rotatable bonds is 1. The highest BCUT2D eigenvalue weighted by molar-refractivity contribution is 6.31. The van der Waals surface area contributed by atoms with E-state index in [1.165, 1.54) is 0 Å². The van der Waals surface area contributed by atoms with Crippen LogP contribution in [0.15, 0.2) is 53.5 Å². The van der Waals surface area contributed by atoms with Gasteiger partial charge in [0.1, 0.15) is 6.67 Å². The Morgan fingerprint density at radius 3 is 2.63 bits per heavy atom. The SMILES string of the molecule is O=C1NCN=C(c2cccc(Cl)c2)c2ccccc21. The molecule has 1 N–H and O–H groups in total. The van der Waals surface area contributed by atoms with Crippen LogP contribution < -0.4 is 5.32 Å². The van der Waals surface area contributed by atoms with E-state index in [1.54, 1.807) is 6.07 Å². The highest BCUT2D eigenvalue weighted by atomic mass is 35.5. The molecule has 1 aliphatic rings. The van der Waals surface area contributed by atoms with Gasteiger partial charge in [-0.15, -0.1) is 0 Å². The second kappa shape index (κ2) is 4.86. The third kappa shape index (κ3) is 2.25. The molecule has 2 aromatic rings. The van der Waals surface area contributed by atoms with Gasteiger partial charge in [0, 0.05) is 21.7 Å². The predicted octanol–water partition coefficient (Wildman–Crippen LogP) is 2.88. The molecular weight excluding hydrogens is 260 g/mol. The lowest BCUT2D eigenvalue weighted by Gasteiger charge is -2.08. The first-order valence-electron chi connectivity index (χ1n) is 5.94. The normalized spacial score (nSPS) is 14.2. The fourth-order valence-electron chi connectivity index (χ4n) is 2.14. The fourth-order valence-corrected chi connectivity index (χ4v) is 2.33. The number of hydrogen-bond donors (Lipinski definition) is 1. The molecule has 1 aliphatic heterocycles. The van der Waals surface area contributed by atoms with Crippen molar-refractivity contribution in [1.82, 2.24) is 5.32 Å². The molecule has 0 spiro atoms. The van der Waals surface area contributed by atoms with Crippen molar-refractivity contribution >= 4 is 23.2 Å². The lowest BCUT2D eigenvalue weighted by atomic mass is 9.97. The van der Waals surface area contributed by atoms with Gasteiger partial charge >= 0.3 is 0 Å². The molecule has 4 heteroatoms. The summed E-state index contributed by atoms with van der Waals surface area (Å²) in [6, 6.07) is 14.9. The largest absolute Gasteiger partial charge is 0.333 e. The average Bonchev–Trinajstić information content (AvgIpc) is 2.59. The van der Waals surface area contributed by atoms with Gasteiger partial charge in [-0.25, -0.2) is 0 Å². The van der Waals surface area contributed by atoms with Gasteiger partial charge < -0.3 is 5.32 Å². The lowest BCUT2D eigenvalue weighted by molar-refractivity contribution is 0.0956. The summed E-state index contributed by atoms with van der Waals surface area (Å²) in [6.07, 6.45) is 0. The Hall–Kier alpha value is -2.13. The van der Waals surface area contributed by atoms with E-state index in [1.807, 2.05) is 42.5 Å². The van der Waals surface area contributed by atoms with Crippen LogP contribution in [0.5, 0.6) is 0 Å². The third-order valence-corrected chi connectivity index (χ3v) is 3.24. The Bertz CT molecular complexity index is 679. The predicted molar refractivity (Wildman–Crippen MR) is 75.9 cm³/mol. The minimum atomic E-state index is -0.101. The van der Waals surface area contributed by atoms with Crippen LogP contribution in [-0.4, -0.2) is 18.3 Å². The number of nitrogens with zero attached hydrogens (tertiary/aromatic N) is 1. The van der Waals surface area contributed by atoms with Crippen LogP contribution in [0.1, 0.15) is 21.5 Å². The fraction of sp³-hybridized carbons (Fsp3) is 0.0667. The van der Waals surface area contributed by atoms with E-state index in [4.69, 9.17) is 11.6 Å². The number of amides is 1. The van der Waals surface area contributed by atoms with Crippen LogP contribution in [0.4, 0.5) is 0 Å². The Balaban J connectivity index is 2.19. The summed E-state index contributed by atoms with van der Waals surface area (Å²) in [6.45, 7) is 0.273. The number of nitrogens with one attached hydrogen (secondary N) is 1. The van der Waals surface area contributed by atoms with Crippen LogP contribution >= 0.6 is 11.6 Å². The minimum absolute atomic E-state index is 0.101. The highest BCUT2D eigenvalue weighted by Gasteiger charge is 2.18. The van der Waals surface area contributed by atoms with Crippen molar-refractivity contribution in [1.29, 1.82) is 0 Å². The summed E-state index contributed by atoms with van der Waals surface area (Å²) in [5.41, 5.74) is 3.17. The molecule has 0 aromatic heterocycles. The zero-order valence-corrected chi connectivity index (χ0v) is 10.8. The Morgan fingerprint density at radius 2 is 1.84 bits per heavy atom. The first kappa shape index (κ1) is 11.9. The van der Waals surface area contributed by atoms with Gasteiger partial charge in [0.25, 0.3) is 5.91 Å². The van der Waals surface area contributed by atoms with Crippen molar-refractivity contribution in [3.8, 4) is 0 Å². The molecule has 3 nitrogen and oxygen atoms in total. The van der Waals surface area contributed by atoms with Crippen molar-refractivity contribution in [2.24, 2.45) is 4.99 Å². The van der Waals surface area contributed by atoms with E-state index >= 15 is 0 Å². The number of benzene rings is 2. The average molecular weight is 271 g/mol. The summed E-state index contributed by atoms with van der Waals surface area (Å²) >= 11 is 6.02. The molecule has 1 amide bonds. The van der Waals surface area contributed by atoms with E-state index in [0.717, 1.165) is 16.8 Å². The number of hydrogen-bond acceptors (Lipinski definition) is 2. The highest BCUT2D eigenvalue weighted by Crippen LogP contribution is 2.20. The molecule has 19 heavy (non-hydrogen) atoms. The van der Waals surface area contributed by atoms with Crippen molar-refractivity contribution in [3.63, 3.8) is 0 Å². The van der Waals surface area contributed by atoms with Crippen LogP contribution in [0, 0.1) is 0 Å². The Labute approximate surface area is 115 Å². The first-order valence-corrected chi connectivity index (χ1v) is 6.31. The van der Waals surface area contributed by atoms with Crippen LogP contribution in [0.25, 0.3) is 0 Å². The molecule has 1 heterocycles. The summed E-state index contributed by atoms with van der Waals surface area (Å²) in [5, 5.41) is 3.41. The van der Waals surface area contributed by atoms with E-state index in [0.29, 0.717) is 10.6 Å². The topological polar surface area (TPSA) is 41.5 Å². The van der Waals surface area contributed by atoms with Gasteiger partial charge in [-0.3, -0.25) is 9.79 Å². The molecule has 2 aromatic carbocycles. The zero-order valence-electron chi connectivity index (χ0n) is 10.1. The quantitative estimate of drug-likeness (QED) is 0.851. The lowest BCUT2D eigenvalue weighted by Crippen LogP contribution is -2.22. The van der Waals surface area contributed by atoms with Crippen LogP contribution in [-0.2, 0) is 0 Å². The van der Waals surface area contributed by atoms with Crippen LogP contribution in [0.3, 0.4) is 0 Å². The molecule has 0 saturated carbocycles. The second-order valence-electron chi connectivity index (χ2n) is 4.23. The molecule has 0 radical (unpaired) electrons.